The number of rotatable bonds is 10. The molecule has 0 radical (unpaired) electrons. The first-order chi connectivity index (χ1) is 21.4. The third-order valence-electron chi connectivity index (χ3n) is 8.84. The van der Waals surface area contributed by atoms with Crippen LogP contribution in [0.3, 0.4) is 0 Å². The highest BCUT2D eigenvalue weighted by molar-refractivity contribution is 5.82. The molecule has 6 rings (SSSR count). The molecular weight excluding hydrogens is 561 g/mol. The second-order valence-electron chi connectivity index (χ2n) is 11.7. The molecule has 2 saturated carbocycles. The number of esters is 1. The molecular formula is C34H36FN5O4. The minimum atomic E-state index is -0.810. The molecule has 2 aliphatic carbocycles. The molecule has 9 nitrogen and oxygen atoms in total. The number of benzene rings is 2. The minimum Gasteiger partial charge on any atom is -0.464 e. The maximum atomic E-state index is 15.6. The molecule has 0 saturated heterocycles. The summed E-state index contributed by atoms with van der Waals surface area (Å²) in [5.41, 5.74) is 2.39. The normalized spacial score (nSPS) is 19.0. The Morgan fingerprint density at radius 2 is 1.91 bits per heavy atom. The van der Waals surface area contributed by atoms with E-state index in [1.54, 1.807) is 46.3 Å². The molecule has 2 aliphatic rings. The highest BCUT2D eigenvalue weighted by atomic mass is 19.1. The zero-order valence-electron chi connectivity index (χ0n) is 25.1. The number of fused-ring (bicyclic) bond motifs is 1. The van der Waals surface area contributed by atoms with Gasteiger partial charge in [0.05, 0.1) is 30.0 Å². The third kappa shape index (κ3) is 5.52. The van der Waals surface area contributed by atoms with Crippen LogP contribution >= 0.6 is 0 Å². The highest BCUT2D eigenvalue weighted by Crippen LogP contribution is 2.44. The van der Waals surface area contributed by atoms with Crippen molar-refractivity contribution in [3.05, 3.63) is 87.3 Å². The molecule has 2 heterocycles. The Morgan fingerprint density at radius 3 is 2.59 bits per heavy atom. The van der Waals surface area contributed by atoms with Gasteiger partial charge in [-0.05, 0) is 80.7 Å². The van der Waals surface area contributed by atoms with E-state index in [-0.39, 0.29) is 30.1 Å². The minimum absolute atomic E-state index is 0.0830. The summed E-state index contributed by atoms with van der Waals surface area (Å²) in [7, 11) is 0. The van der Waals surface area contributed by atoms with Crippen LogP contribution in [0.1, 0.15) is 87.2 Å². The molecule has 2 aromatic heterocycles. The number of hydrogen-bond donors (Lipinski definition) is 0. The summed E-state index contributed by atoms with van der Waals surface area (Å²) in [6.45, 7) is 4.15. The number of nitrogens with zero attached hydrogens (tertiary/aromatic N) is 5. The predicted octanol–water partition coefficient (Wildman–Crippen LogP) is 5.71. The first-order valence-corrected chi connectivity index (χ1v) is 15.5. The van der Waals surface area contributed by atoms with E-state index < -0.39 is 11.4 Å². The van der Waals surface area contributed by atoms with Crippen LogP contribution in [0.5, 0.6) is 0 Å². The molecule has 0 bridgehead atoms. The first-order valence-electron chi connectivity index (χ1n) is 15.5. The molecule has 0 spiro atoms. The topological polar surface area (TPSA) is 112 Å². The van der Waals surface area contributed by atoms with E-state index in [4.69, 9.17) is 9.47 Å². The van der Waals surface area contributed by atoms with Crippen molar-refractivity contribution in [3.63, 3.8) is 0 Å². The standard InChI is InChI=1S/C34H36FN5O4/c1-3-7-30-28(18-23-11-10-22(19-29(23)35)27-9-6-5-8-24(27)20-36)31(41)39(33-37-21-38-40(30)33)25-12-14-26(15-13-25)44-34(16-17-34)32(42)43-4-2/h5-6,8-11,19,21,25-26H,3-4,7,12-18H2,1-2H3/t25-,26-. The lowest BCUT2D eigenvalue weighted by atomic mass is 9.92. The number of halogens is 1. The van der Waals surface area contributed by atoms with Gasteiger partial charge < -0.3 is 9.47 Å². The van der Waals surface area contributed by atoms with Gasteiger partial charge >= 0.3 is 5.97 Å². The fourth-order valence-corrected chi connectivity index (χ4v) is 6.45. The summed E-state index contributed by atoms with van der Waals surface area (Å²) in [5, 5.41) is 14.0. The first kappa shape index (κ1) is 29.7. The van der Waals surface area contributed by atoms with Gasteiger partial charge in [0.1, 0.15) is 12.1 Å². The third-order valence-corrected chi connectivity index (χ3v) is 8.84. The Balaban J connectivity index is 1.30. The predicted molar refractivity (Wildman–Crippen MR) is 162 cm³/mol. The van der Waals surface area contributed by atoms with Crippen LogP contribution in [0.2, 0.25) is 0 Å². The van der Waals surface area contributed by atoms with Crippen molar-refractivity contribution < 1.29 is 18.7 Å². The molecule has 4 aromatic rings. The molecule has 0 N–H and O–H groups in total. The van der Waals surface area contributed by atoms with Gasteiger partial charge in [-0.3, -0.25) is 9.36 Å². The second kappa shape index (κ2) is 12.3. The van der Waals surface area contributed by atoms with Crippen molar-refractivity contribution in [2.24, 2.45) is 0 Å². The smallest absolute Gasteiger partial charge is 0.338 e. The molecule has 0 amide bonds. The van der Waals surface area contributed by atoms with Gasteiger partial charge in [-0.25, -0.2) is 13.7 Å². The van der Waals surface area contributed by atoms with Crippen molar-refractivity contribution in [1.29, 1.82) is 5.26 Å². The molecule has 2 aromatic carbocycles. The van der Waals surface area contributed by atoms with Crippen LogP contribution in [0.15, 0.2) is 53.6 Å². The average Bonchev–Trinajstić information content (AvgIpc) is 3.66. The van der Waals surface area contributed by atoms with Crippen LogP contribution in [0.25, 0.3) is 16.9 Å². The van der Waals surface area contributed by atoms with Gasteiger partial charge in [0, 0.05) is 18.0 Å². The van der Waals surface area contributed by atoms with Crippen LogP contribution in [-0.2, 0) is 27.1 Å². The van der Waals surface area contributed by atoms with Gasteiger partial charge in [0.15, 0.2) is 5.60 Å². The van der Waals surface area contributed by atoms with Crippen LogP contribution in [0.4, 0.5) is 4.39 Å². The second-order valence-corrected chi connectivity index (χ2v) is 11.7. The highest BCUT2D eigenvalue weighted by Gasteiger charge is 2.54. The Morgan fingerprint density at radius 1 is 1.14 bits per heavy atom. The number of ether oxygens (including phenoxy) is 2. The zero-order valence-corrected chi connectivity index (χ0v) is 25.1. The SMILES string of the molecule is CCCc1c(Cc2ccc(-c3ccccc3C#N)cc2F)c(=O)n([C@H]2CC[C@H](OC3(C(=O)OCC)CC3)CC2)c2ncnn12. The van der Waals surface area contributed by atoms with Crippen molar-refractivity contribution in [1.82, 2.24) is 19.2 Å². The van der Waals surface area contributed by atoms with Gasteiger partial charge in [0.25, 0.3) is 5.56 Å². The molecule has 0 atom stereocenters. The van der Waals surface area contributed by atoms with Crippen LogP contribution in [-0.4, -0.2) is 43.4 Å². The molecule has 10 heteroatoms. The summed E-state index contributed by atoms with van der Waals surface area (Å²) < 4.78 is 30.6. The van der Waals surface area contributed by atoms with E-state index >= 15 is 4.39 Å². The molecule has 0 aliphatic heterocycles. The fourth-order valence-electron chi connectivity index (χ4n) is 6.45. The molecule has 0 unspecified atom stereocenters. The van der Waals surface area contributed by atoms with E-state index in [1.165, 1.54) is 12.4 Å². The van der Waals surface area contributed by atoms with Gasteiger partial charge in [-0.1, -0.05) is 43.7 Å². The van der Waals surface area contributed by atoms with Crippen LogP contribution in [0, 0.1) is 17.1 Å². The largest absolute Gasteiger partial charge is 0.464 e. The Hall–Kier alpha value is -4.36. The number of aryl methyl sites for hydroxylation is 1. The summed E-state index contributed by atoms with van der Waals surface area (Å²) >= 11 is 0. The quantitative estimate of drug-likeness (QED) is 0.215. The van der Waals surface area contributed by atoms with Gasteiger partial charge in [-0.15, -0.1) is 0 Å². The van der Waals surface area contributed by atoms with Gasteiger partial charge in [-0.2, -0.15) is 15.3 Å². The monoisotopic (exact) mass is 597 g/mol. The molecule has 2 fully saturated rings. The Bertz CT molecular complexity index is 1790. The lowest BCUT2D eigenvalue weighted by Crippen LogP contribution is -2.38. The number of hydrogen-bond acceptors (Lipinski definition) is 7. The van der Waals surface area contributed by atoms with Crippen molar-refractivity contribution in [2.45, 2.75) is 89.4 Å². The van der Waals surface area contributed by atoms with Crippen molar-refractivity contribution in [2.75, 3.05) is 6.61 Å². The number of aromatic nitrogens is 4. The number of nitriles is 1. The van der Waals surface area contributed by atoms with E-state index in [9.17, 15) is 14.9 Å². The van der Waals surface area contributed by atoms with Crippen molar-refractivity contribution in [3.8, 4) is 17.2 Å². The van der Waals surface area contributed by atoms with E-state index in [1.807, 2.05) is 13.0 Å². The van der Waals surface area contributed by atoms with Crippen LogP contribution < -0.4 is 5.56 Å². The summed E-state index contributed by atoms with van der Waals surface area (Å²) in [4.78, 5) is 31.2. The number of carbonyl (C=O) groups excluding carboxylic acids is 1. The van der Waals surface area contributed by atoms with E-state index in [0.717, 1.165) is 12.1 Å². The Kier molecular flexibility index (Phi) is 8.32. The zero-order chi connectivity index (χ0) is 30.8. The maximum absolute atomic E-state index is 15.6. The Labute approximate surface area is 255 Å². The van der Waals surface area contributed by atoms with Gasteiger partial charge in [0.2, 0.25) is 5.78 Å². The van der Waals surface area contributed by atoms with Crippen molar-refractivity contribution >= 4 is 11.7 Å². The number of carbonyl (C=O) groups is 1. The summed E-state index contributed by atoms with van der Waals surface area (Å²) in [6.07, 6.45) is 6.97. The molecule has 228 valence electrons. The average molecular weight is 598 g/mol. The van der Waals surface area contributed by atoms with E-state index in [2.05, 4.69) is 16.2 Å². The molecule has 44 heavy (non-hydrogen) atoms. The van der Waals surface area contributed by atoms with E-state index in [0.29, 0.717) is 85.1 Å². The maximum Gasteiger partial charge on any atom is 0.338 e. The summed E-state index contributed by atoms with van der Waals surface area (Å²) in [5.74, 6) is -0.231. The summed E-state index contributed by atoms with van der Waals surface area (Å²) in [6, 6.07) is 14.1. The lowest BCUT2D eigenvalue weighted by Gasteiger charge is -2.32. The fraction of sp³-hybridized carbons (Fsp3) is 0.441. The lowest BCUT2D eigenvalue weighted by molar-refractivity contribution is -0.166.